The van der Waals surface area contributed by atoms with Gasteiger partial charge >= 0.3 is 0 Å². The van der Waals surface area contributed by atoms with E-state index < -0.39 is 0 Å². The summed E-state index contributed by atoms with van der Waals surface area (Å²) in [5, 5.41) is 13.9. The first-order chi connectivity index (χ1) is 8.49. The van der Waals surface area contributed by atoms with Crippen molar-refractivity contribution in [1.82, 2.24) is 0 Å². The van der Waals surface area contributed by atoms with E-state index in [1.165, 1.54) is 0 Å². The highest BCUT2D eigenvalue weighted by molar-refractivity contribution is 5.64. The van der Waals surface area contributed by atoms with Crippen molar-refractivity contribution < 1.29 is 4.92 Å². The van der Waals surface area contributed by atoms with Gasteiger partial charge in [-0.05, 0) is 19.4 Å². The predicted molar refractivity (Wildman–Crippen MR) is 75.4 cm³/mol. The van der Waals surface area contributed by atoms with E-state index in [-0.39, 0.29) is 10.6 Å². The van der Waals surface area contributed by atoms with E-state index in [1.54, 1.807) is 19.2 Å². The zero-order chi connectivity index (χ0) is 13.7. The molecule has 1 N–H and O–H groups in total. The van der Waals surface area contributed by atoms with Crippen molar-refractivity contribution in [2.75, 3.05) is 24.3 Å². The Morgan fingerprint density at radius 1 is 1.44 bits per heavy atom. The maximum atomic E-state index is 10.9. The van der Waals surface area contributed by atoms with Gasteiger partial charge in [0.15, 0.2) is 0 Å². The van der Waals surface area contributed by atoms with Gasteiger partial charge in [-0.2, -0.15) is 0 Å². The average Bonchev–Trinajstić information content (AvgIpc) is 2.37. The topological polar surface area (TPSA) is 58.4 Å². The van der Waals surface area contributed by atoms with Crippen molar-refractivity contribution >= 4 is 17.1 Å². The molecular formula is C13H21N3O2. The maximum Gasteiger partial charge on any atom is 0.273 e. The molecule has 1 aromatic carbocycles. The number of nitrogens with one attached hydrogen (secondary N) is 1. The standard InChI is InChI=1S/C13H21N3O2/c1-5-6-10(2)15(4)12-7-11(14-3)8-13(9-12)16(17)18/h7-10,14H,5-6H2,1-4H3. The van der Waals surface area contributed by atoms with Crippen molar-refractivity contribution in [1.29, 1.82) is 0 Å². The fourth-order valence-electron chi connectivity index (χ4n) is 1.91. The Morgan fingerprint density at radius 2 is 2.11 bits per heavy atom. The number of benzene rings is 1. The summed E-state index contributed by atoms with van der Waals surface area (Å²) in [6, 6.07) is 5.45. The van der Waals surface area contributed by atoms with Crippen molar-refractivity contribution in [3.8, 4) is 0 Å². The summed E-state index contributed by atoms with van der Waals surface area (Å²) >= 11 is 0. The zero-order valence-electron chi connectivity index (χ0n) is 11.4. The molecule has 0 fully saturated rings. The molecule has 0 saturated heterocycles. The lowest BCUT2D eigenvalue weighted by Gasteiger charge is -2.27. The molecular weight excluding hydrogens is 230 g/mol. The van der Waals surface area contributed by atoms with Crippen LogP contribution in [0.5, 0.6) is 0 Å². The summed E-state index contributed by atoms with van der Waals surface area (Å²) in [5.74, 6) is 0. The van der Waals surface area contributed by atoms with E-state index in [0.29, 0.717) is 6.04 Å². The molecule has 0 radical (unpaired) electrons. The molecule has 1 unspecified atom stereocenters. The summed E-state index contributed by atoms with van der Waals surface area (Å²) in [4.78, 5) is 12.6. The van der Waals surface area contributed by atoms with Gasteiger partial charge in [-0.1, -0.05) is 13.3 Å². The van der Waals surface area contributed by atoms with E-state index in [0.717, 1.165) is 24.2 Å². The molecule has 0 aliphatic heterocycles. The van der Waals surface area contributed by atoms with Crippen LogP contribution in [0.25, 0.3) is 0 Å². The van der Waals surface area contributed by atoms with Crippen LogP contribution in [0.15, 0.2) is 18.2 Å². The number of hydrogen-bond acceptors (Lipinski definition) is 4. The molecule has 0 aliphatic carbocycles. The Morgan fingerprint density at radius 3 is 2.61 bits per heavy atom. The minimum Gasteiger partial charge on any atom is -0.388 e. The molecule has 5 nitrogen and oxygen atoms in total. The van der Waals surface area contributed by atoms with Crippen LogP contribution in [0, 0.1) is 10.1 Å². The Kier molecular flexibility index (Phi) is 4.95. The van der Waals surface area contributed by atoms with Crippen LogP contribution in [-0.4, -0.2) is 25.1 Å². The second kappa shape index (κ2) is 6.23. The van der Waals surface area contributed by atoms with Gasteiger partial charge in [0.2, 0.25) is 0 Å². The molecule has 0 aliphatic rings. The first kappa shape index (κ1) is 14.3. The first-order valence-corrected chi connectivity index (χ1v) is 6.19. The summed E-state index contributed by atoms with van der Waals surface area (Å²) in [7, 11) is 3.73. The summed E-state index contributed by atoms with van der Waals surface area (Å²) in [6.07, 6.45) is 2.16. The molecule has 0 amide bonds. The summed E-state index contributed by atoms with van der Waals surface area (Å²) in [5.41, 5.74) is 1.75. The monoisotopic (exact) mass is 251 g/mol. The Balaban J connectivity index is 3.07. The molecule has 18 heavy (non-hydrogen) atoms. The number of non-ortho nitro benzene ring substituents is 1. The largest absolute Gasteiger partial charge is 0.388 e. The van der Waals surface area contributed by atoms with E-state index >= 15 is 0 Å². The quantitative estimate of drug-likeness (QED) is 0.622. The number of anilines is 2. The molecule has 1 atom stereocenters. The number of nitro groups is 1. The van der Waals surface area contributed by atoms with Gasteiger partial charge in [0, 0.05) is 43.6 Å². The lowest BCUT2D eigenvalue weighted by atomic mass is 10.1. The first-order valence-electron chi connectivity index (χ1n) is 6.19. The van der Waals surface area contributed by atoms with Crippen LogP contribution < -0.4 is 10.2 Å². The summed E-state index contributed by atoms with van der Waals surface area (Å²) < 4.78 is 0. The average molecular weight is 251 g/mol. The van der Waals surface area contributed by atoms with Gasteiger partial charge in [-0.25, -0.2) is 0 Å². The Hall–Kier alpha value is -1.78. The van der Waals surface area contributed by atoms with Crippen molar-refractivity contribution in [3.05, 3.63) is 28.3 Å². The molecule has 0 saturated carbocycles. The molecule has 1 rings (SSSR count). The van der Waals surface area contributed by atoms with Crippen molar-refractivity contribution in [3.63, 3.8) is 0 Å². The van der Waals surface area contributed by atoms with Gasteiger partial charge in [0.05, 0.1) is 4.92 Å². The molecule has 100 valence electrons. The number of nitrogens with zero attached hydrogens (tertiary/aromatic N) is 2. The van der Waals surface area contributed by atoms with Crippen LogP contribution in [-0.2, 0) is 0 Å². The molecule has 0 spiro atoms. The highest BCUT2D eigenvalue weighted by Crippen LogP contribution is 2.27. The highest BCUT2D eigenvalue weighted by Gasteiger charge is 2.14. The molecule has 0 bridgehead atoms. The van der Waals surface area contributed by atoms with Gasteiger partial charge in [-0.3, -0.25) is 10.1 Å². The SMILES string of the molecule is CCCC(C)N(C)c1cc(NC)cc([N+](=O)[O-])c1. The van der Waals surface area contributed by atoms with E-state index in [9.17, 15) is 10.1 Å². The van der Waals surface area contributed by atoms with Crippen LogP contribution >= 0.6 is 0 Å². The molecule has 0 aromatic heterocycles. The fourth-order valence-corrected chi connectivity index (χ4v) is 1.91. The second-order valence-electron chi connectivity index (χ2n) is 4.49. The van der Waals surface area contributed by atoms with Gasteiger partial charge in [0.1, 0.15) is 0 Å². The maximum absolute atomic E-state index is 10.9. The van der Waals surface area contributed by atoms with Crippen LogP contribution in [0.4, 0.5) is 17.1 Å². The highest BCUT2D eigenvalue weighted by atomic mass is 16.6. The van der Waals surface area contributed by atoms with Crippen molar-refractivity contribution in [2.24, 2.45) is 0 Å². The Labute approximate surface area is 108 Å². The summed E-state index contributed by atoms with van der Waals surface area (Å²) in [6.45, 7) is 4.26. The number of nitro benzene ring substituents is 1. The van der Waals surface area contributed by atoms with Crippen LogP contribution in [0.2, 0.25) is 0 Å². The third-order valence-corrected chi connectivity index (χ3v) is 3.18. The van der Waals surface area contributed by atoms with E-state index in [2.05, 4.69) is 24.1 Å². The molecule has 0 heterocycles. The Bertz CT molecular complexity index is 421. The smallest absolute Gasteiger partial charge is 0.273 e. The number of rotatable bonds is 6. The molecule has 5 heteroatoms. The fraction of sp³-hybridized carbons (Fsp3) is 0.538. The van der Waals surface area contributed by atoms with Gasteiger partial charge < -0.3 is 10.2 Å². The minimum absolute atomic E-state index is 0.118. The lowest BCUT2D eigenvalue weighted by Crippen LogP contribution is -2.28. The van der Waals surface area contributed by atoms with Crippen molar-refractivity contribution in [2.45, 2.75) is 32.7 Å². The number of hydrogen-bond donors (Lipinski definition) is 1. The third-order valence-electron chi connectivity index (χ3n) is 3.18. The zero-order valence-corrected chi connectivity index (χ0v) is 11.4. The predicted octanol–water partition coefficient (Wildman–Crippen LogP) is 3.26. The van der Waals surface area contributed by atoms with E-state index in [4.69, 9.17) is 0 Å². The van der Waals surface area contributed by atoms with E-state index in [1.807, 2.05) is 13.1 Å². The lowest BCUT2D eigenvalue weighted by molar-refractivity contribution is -0.384. The van der Waals surface area contributed by atoms with Gasteiger partial charge in [-0.15, -0.1) is 0 Å². The molecule has 1 aromatic rings. The minimum atomic E-state index is -0.358. The van der Waals surface area contributed by atoms with Crippen LogP contribution in [0.1, 0.15) is 26.7 Å². The second-order valence-corrected chi connectivity index (χ2v) is 4.49. The third kappa shape index (κ3) is 3.35. The van der Waals surface area contributed by atoms with Crippen LogP contribution in [0.3, 0.4) is 0 Å². The van der Waals surface area contributed by atoms with Gasteiger partial charge in [0.25, 0.3) is 5.69 Å². The normalized spacial score (nSPS) is 12.0.